The van der Waals surface area contributed by atoms with Crippen LogP contribution in [0.15, 0.2) is 48.6 Å². The molecule has 2 rings (SSSR count). The third-order valence-electron chi connectivity index (χ3n) is 9.57. The van der Waals surface area contributed by atoms with Crippen molar-refractivity contribution in [2.45, 2.75) is 164 Å². The normalized spacial score (nSPS) is 28.6. The molecule has 0 aromatic heterocycles. The average Bonchev–Trinajstić information content (AvgIpc) is 3.39. The van der Waals surface area contributed by atoms with Gasteiger partial charge in [-0.25, -0.2) is 0 Å². The number of carbonyl (C=O) groups is 1. The number of allylic oxidation sites excluding steroid dienone is 7. The Bertz CT molecular complexity index is 1000. The zero-order valence-corrected chi connectivity index (χ0v) is 35.6. The molecule has 0 amide bonds. The van der Waals surface area contributed by atoms with Gasteiger partial charge < -0.3 is 14.0 Å². The van der Waals surface area contributed by atoms with E-state index in [0.29, 0.717) is 53.6 Å². The number of hydrogen-bond donors (Lipinski definition) is 1. The standard InChI is InChI=1S/C21H38O3Si.C21H40OSi/c1-16(2)13-14-19-18(11-9-7-8-10-12-21(22)23)17(3)15-20(19)24-25(4,5)6;1-8-9-10-11-12-13-20-19(15-14-17(2)3)18(4)16-21(20)22-23(5,6)7/h7,9,13-14,16-20H,8,10-12,15H2,1-6H3,(H,22,23);11-12,14-15,17-21H,8-10,13,16H2,1-7H3/b9-7-,14-13?;12-11-,15-14?/t17-,18?,19+,20+;18-,19+,20?,21+/m01/s1. The molecule has 48 heavy (non-hydrogen) atoms. The van der Waals surface area contributed by atoms with E-state index in [1.54, 1.807) is 0 Å². The smallest absolute Gasteiger partial charge is 0.303 e. The quantitative estimate of drug-likeness (QED) is 0.0827. The number of carboxylic acid groups (broad SMARTS) is 1. The fourth-order valence-corrected chi connectivity index (χ4v) is 9.67. The number of carboxylic acids is 1. The zero-order valence-electron chi connectivity index (χ0n) is 33.6. The molecule has 6 heteroatoms. The lowest BCUT2D eigenvalue weighted by molar-refractivity contribution is -0.137. The summed E-state index contributed by atoms with van der Waals surface area (Å²) in [5.41, 5.74) is 0. The van der Waals surface area contributed by atoms with Gasteiger partial charge in [0.25, 0.3) is 0 Å². The molecule has 2 aliphatic rings. The Labute approximate surface area is 300 Å². The van der Waals surface area contributed by atoms with Gasteiger partial charge >= 0.3 is 5.97 Å². The van der Waals surface area contributed by atoms with Crippen molar-refractivity contribution in [1.29, 1.82) is 0 Å². The first-order valence-electron chi connectivity index (χ1n) is 19.6. The highest BCUT2D eigenvalue weighted by Crippen LogP contribution is 2.44. The second kappa shape index (κ2) is 22.6. The van der Waals surface area contributed by atoms with Crippen molar-refractivity contribution in [2.24, 2.45) is 47.3 Å². The van der Waals surface area contributed by atoms with Gasteiger partial charge in [0.2, 0.25) is 0 Å². The molecule has 0 aromatic rings. The fraction of sp³-hybridized carbons (Fsp3) is 0.786. The Morgan fingerprint density at radius 1 is 0.708 bits per heavy atom. The lowest BCUT2D eigenvalue weighted by Crippen LogP contribution is -2.34. The summed E-state index contributed by atoms with van der Waals surface area (Å²) in [6.45, 7) is 29.8. The predicted octanol–water partition coefficient (Wildman–Crippen LogP) is 12.7. The maximum absolute atomic E-state index is 10.6. The Hall–Kier alpha value is -1.22. The maximum Gasteiger partial charge on any atom is 0.303 e. The van der Waals surface area contributed by atoms with E-state index in [1.807, 2.05) is 0 Å². The van der Waals surface area contributed by atoms with Crippen molar-refractivity contribution >= 4 is 22.6 Å². The Balaban J connectivity index is 0.000000482. The van der Waals surface area contributed by atoms with Crippen LogP contribution in [0.3, 0.4) is 0 Å². The largest absolute Gasteiger partial charge is 0.481 e. The second-order valence-electron chi connectivity index (χ2n) is 17.5. The lowest BCUT2D eigenvalue weighted by Gasteiger charge is -2.29. The first kappa shape index (κ1) is 44.8. The van der Waals surface area contributed by atoms with Crippen molar-refractivity contribution < 1.29 is 18.8 Å². The van der Waals surface area contributed by atoms with E-state index in [-0.39, 0.29) is 6.42 Å². The van der Waals surface area contributed by atoms with Crippen LogP contribution in [-0.4, -0.2) is 39.9 Å². The molecular weight excluding hydrogens is 625 g/mol. The summed E-state index contributed by atoms with van der Waals surface area (Å²) in [6.07, 6.45) is 29.9. The van der Waals surface area contributed by atoms with E-state index in [2.05, 4.69) is 136 Å². The molecule has 0 aliphatic heterocycles. The molecule has 4 nitrogen and oxygen atoms in total. The number of aliphatic carboxylic acids is 1. The minimum atomic E-state index is -1.55. The lowest BCUT2D eigenvalue weighted by atomic mass is 9.86. The van der Waals surface area contributed by atoms with Crippen LogP contribution in [0.1, 0.15) is 113 Å². The fourth-order valence-electron chi connectivity index (χ4n) is 7.33. The van der Waals surface area contributed by atoms with Crippen LogP contribution >= 0.6 is 0 Å². The monoisotopic (exact) mass is 703 g/mol. The van der Waals surface area contributed by atoms with E-state index in [1.165, 1.54) is 32.1 Å². The number of hydrogen-bond acceptors (Lipinski definition) is 3. The van der Waals surface area contributed by atoms with Crippen LogP contribution < -0.4 is 0 Å². The molecule has 0 heterocycles. The van der Waals surface area contributed by atoms with Gasteiger partial charge in [-0.2, -0.15) is 0 Å². The molecule has 2 aliphatic carbocycles. The van der Waals surface area contributed by atoms with E-state index in [0.717, 1.165) is 31.6 Å². The minimum absolute atomic E-state index is 0.260. The summed E-state index contributed by atoms with van der Waals surface area (Å²) in [5, 5.41) is 8.70. The van der Waals surface area contributed by atoms with Crippen molar-refractivity contribution in [3.63, 3.8) is 0 Å². The summed E-state index contributed by atoms with van der Waals surface area (Å²) in [5.74, 6) is 4.34. The van der Waals surface area contributed by atoms with Crippen molar-refractivity contribution in [3.8, 4) is 0 Å². The third kappa shape index (κ3) is 19.2. The molecule has 0 spiro atoms. The van der Waals surface area contributed by atoms with Gasteiger partial charge in [-0.15, -0.1) is 0 Å². The first-order valence-corrected chi connectivity index (χ1v) is 26.4. The van der Waals surface area contributed by atoms with E-state index in [9.17, 15) is 4.79 Å². The van der Waals surface area contributed by atoms with E-state index >= 15 is 0 Å². The van der Waals surface area contributed by atoms with E-state index in [4.69, 9.17) is 14.0 Å². The van der Waals surface area contributed by atoms with Crippen molar-refractivity contribution in [3.05, 3.63) is 48.6 Å². The van der Waals surface area contributed by atoms with Gasteiger partial charge in [0.1, 0.15) is 0 Å². The SMILES string of the molecule is CC(C)C=C[C@@H]1C(C/C=C\CCCC(=O)O)[C@@H](C)C[C@H]1O[Si](C)(C)C.CCCC/C=C\CC1[C@@H](O[Si](C)(C)C)C[C@@H](C)[C@@H]1C=CC(C)C. The summed E-state index contributed by atoms with van der Waals surface area (Å²) >= 11 is 0. The highest BCUT2D eigenvalue weighted by molar-refractivity contribution is 6.70. The van der Waals surface area contributed by atoms with Gasteiger partial charge in [-0.1, -0.05) is 110 Å². The molecular formula is C42H78O4Si2. The molecule has 8 atom stereocenters. The van der Waals surface area contributed by atoms with Crippen molar-refractivity contribution in [1.82, 2.24) is 0 Å². The predicted molar refractivity (Wildman–Crippen MR) is 214 cm³/mol. The van der Waals surface area contributed by atoms with Crippen LogP contribution in [0, 0.1) is 47.3 Å². The molecule has 2 unspecified atom stereocenters. The highest BCUT2D eigenvalue weighted by Gasteiger charge is 2.42. The van der Waals surface area contributed by atoms with Gasteiger partial charge in [-0.05, 0) is 126 Å². The summed E-state index contributed by atoms with van der Waals surface area (Å²) in [4.78, 5) is 10.6. The Morgan fingerprint density at radius 2 is 1.19 bits per heavy atom. The molecule has 1 N–H and O–H groups in total. The van der Waals surface area contributed by atoms with Gasteiger partial charge in [0.15, 0.2) is 16.6 Å². The molecule has 2 saturated carbocycles. The first-order chi connectivity index (χ1) is 22.3. The summed E-state index contributed by atoms with van der Waals surface area (Å²) in [7, 11) is -3.02. The van der Waals surface area contributed by atoms with Crippen LogP contribution in [-0.2, 0) is 13.6 Å². The maximum atomic E-state index is 10.6. The molecule has 0 bridgehead atoms. The van der Waals surface area contributed by atoms with E-state index < -0.39 is 22.6 Å². The number of rotatable bonds is 19. The van der Waals surface area contributed by atoms with Gasteiger partial charge in [-0.3, -0.25) is 4.79 Å². The van der Waals surface area contributed by atoms with Crippen LogP contribution in [0.25, 0.3) is 0 Å². The molecule has 0 saturated heterocycles. The van der Waals surface area contributed by atoms with Gasteiger partial charge in [0.05, 0.1) is 6.10 Å². The molecule has 0 aromatic carbocycles. The molecule has 278 valence electrons. The summed E-state index contributed by atoms with van der Waals surface area (Å²) < 4.78 is 13.1. The van der Waals surface area contributed by atoms with Crippen molar-refractivity contribution in [2.75, 3.05) is 0 Å². The Morgan fingerprint density at radius 3 is 1.69 bits per heavy atom. The Kier molecular flexibility index (Phi) is 21.1. The average molecular weight is 703 g/mol. The third-order valence-corrected chi connectivity index (χ3v) is 11.6. The minimum Gasteiger partial charge on any atom is -0.481 e. The molecule has 0 radical (unpaired) electrons. The highest BCUT2D eigenvalue weighted by atomic mass is 28.4. The molecule has 2 fully saturated rings. The van der Waals surface area contributed by atoms with Crippen LogP contribution in [0.5, 0.6) is 0 Å². The zero-order chi connectivity index (χ0) is 36.5. The topological polar surface area (TPSA) is 55.8 Å². The number of unbranched alkanes of at least 4 members (excludes halogenated alkanes) is 3. The second-order valence-corrected chi connectivity index (χ2v) is 26.5. The summed E-state index contributed by atoms with van der Waals surface area (Å²) in [6, 6.07) is 0. The van der Waals surface area contributed by atoms with Crippen LogP contribution in [0.2, 0.25) is 39.3 Å². The van der Waals surface area contributed by atoms with Crippen LogP contribution in [0.4, 0.5) is 0 Å². The van der Waals surface area contributed by atoms with Gasteiger partial charge in [0, 0.05) is 18.4 Å².